The summed E-state index contributed by atoms with van der Waals surface area (Å²) < 4.78 is 10.9. The van der Waals surface area contributed by atoms with E-state index in [0.717, 1.165) is 29.2 Å². The molecule has 9 heteroatoms. The number of methoxy groups -OCH3 is 1. The quantitative estimate of drug-likeness (QED) is 0.144. The summed E-state index contributed by atoms with van der Waals surface area (Å²) in [5, 5.41) is 30.0. The van der Waals surface area contributed by atoms with Crippen LogP contribution in [-0.4, -0.2) is 63.1 Å². The number of hydrogen-bond donors (Lipinski definition) is 6. The van der Waals surface area contributed by atoms with Crippen LogP contribution in [0.15, 0.2) is 37.4 Å². The smallest absolute Gasteiger partial charge is 0.161 e. The molecule has 8 nitrogen and oxygen atoms in total. The van der Waals surface area contributed by atoms with Gasteiger partial charge in [0.25, 0.3) is 0 Å². The molecule has 0 aliphatic rings. The third-order valence-corrected chi connectivity index (χ3v) is 5.03. The molecule has 0 spiro atoms. The standard InChI is InChI=1S/C12H19NO2.C9H12BNO2.C3H9NO.C2H4/c1-3-10(8-13)9-15-12-7-5-4-6-11(12)14-2;1-4-6(10)9(13)8(12)5(2)7(4)11-3;1-3(5)2-4;1-2/h4-7,10H,3,8-9,13H2,1-2H3;11-13H,1-3H3;3,5H,2,4H2,1H3;1-2H2. The van der Waals surface area contributed by atoms with Crippen molar-refractivity contribution in [2.45, 2.75) is 40.2 Å². The van der Waals surface area contributed by atoms with Crippen LogP contribution in [0.25, 0.3) is 0 Å². The molecule has 0 saturated heterocycles. The van der Waals surface area contributed by atoms with Crippen molar-refractivity contribution in [1.82, 2.24) is 0 Å². The molecule has 0 aliphatic carbocycles. The van der Waals surface area contributed by atoms with Gasteiger partial charge in [-0.3, -0.25) is 0 Å². The van der Waals surface area contributed by atoms with Crippen molar-refractivity contribution >= 4 is 19.0 Å². The Morgan fingerprint density at radius 1 is 1.03 bits per heavy atom. The van der Waals surface area contributed by atoms with Gasteiger partial charge in [0, 0.05) is 30.8 Å². The molecule has 2 aromatic rings. The number of rotatable bonds is 8. The van der Waals surface area contributed by atoms with Crippen LogP contribution in [0.1, 0.15) is 31.4 Å². The fourth-order valence-electron chi connectivity index (χ4n) is 2.69. The highest BCUT2D eigenvalue weighted by Crippen LogP contribution is 2.33. The van der Waals surface area contributed by atoms with Gasteiger partial charge >= 0.3 is 0 Å². The molecule has 0 aromatic heterocycles. The van der Waals surface area contributed by atoms with Crippen LogP contribution < -0.4 is 31.7 Å². The van der Waals surface area contributed by atoms with E-state index in [1.54, 1.807) is 34.9 Å². The maximum atomic E-state index is 9.45. The number of aromatic hydroxyl groups is 2. The number of phenolic OH excluding ortho intramolecular Hbond substituents is 2. The number of nitrogens with two attached hydrogens (primary N) is 2. The van der Waals surface area contributed by atoms with Crippen molar-refractivity contribution in [3.8, 4) is 23.0 Å². The molecule has 0 bridgehead atoms. The number of ether oxygens (including phenoxy) is 2. The number of aliphatic hydroxyl groups is 1. The van der Waals surface area contributed by atoms with E-state index in [-0.39, 0.29) is 23.1 Å². The normalized spacial score (nSPS) is 11.2. The van der Waals surface area contributed by atoms with Crippen LogP contribution in [0.5, 0.6) is 23.0 Å². The Kier molecular flexibility index (Phi) is 19.0. The topological polar surface area (TPSA) is 143 Å². The van der Waals surface area contributed by atoms with Crippen LogP contribution in [0.3, 0.4) is 0 Å². The summed E-state index contributed by atoms with van der Waals surface area (Å²) in [6, 6.07) is 7.65. The molecule has 8 N–H and O–H groups in total. The van der Waals surface area contributed by atoms with E-state index in [0.29, 0.717) is 31.2 Å². The Morgan fingerprint density at radius 2 is 1.54 bits per heavy atom. The van der Waals surface area contributed by atoms with Crippen molar-refractivity contribution < 1.29 is 24.8 Å². The SMILES string of the molecule is C=C.CC(O)CN.CCC(CN)COc1ccccc1OC.[B]c1c(C)c(NC)c(C)c(O)c1O. The lowest BCUT2D eigenvalue weighted by Gasteiger charge is -2.15. The van der Waals surface area contributed by atoms with E-state index in [1.807, 2.05) is 24.3 Å². The average molecular weight is 489 g/mol. The molecule has 2 rings (SSSR count). The molecule has 2 radical (unpaired) electrons. The maximum absolute atomic E-state index is 9.45. The third kappa shape index (κ3) is 11.9. The van der Waals surface area contributed by atoms with Gasteiger partial charge in [-0.2, -0.15) is 0 Å². The first kappa shape index (κ1) is 34.3. The number of para-hydroxylation sites is 2. The van der Waals surface area contributed by atoms with Gasteiger partial charge in [0.15, 0.2) is 23.0 Å². The minimum Gasteiger partial charge on any atom is -0.505 e. The molecule has 0 fully saturated rings. The van der Waals surface area contributed by atoms with Gasteiger partial charge in [-0.15, -0.1) is 13.2 Å². The van der Waals surface area contributed by atoms with Crippen molar-refractivity contribution in [2.75, 3.05) is 39.2 Å². The number of nitrogens with one attached hydrogen (secondary N) is 1. The highest BCUT2D eigenvalue weighted by molar-refractivity contribution is 6.36. The first-order valence-electron chi connectivity index (χ1n) is 11.4. The summed E-state index contributed by atoms with van der Waals surface area (Å²) in [7, 11) is 8.96. The van der Waals surface area contributed by atoms with Gasteiger partial charge < -0.3 is 41.6 Å². The second kappa shape index (κ2) is 19.4. The zero-order chi connectivity index (χ0) is 27.6. The van der Waals surface area contributed by atoms with E-state index >= 15 is 0 Å². The lowest BCUT2D eigenvalue weighted by Crippen LogP contribution is -2.20. The van der Waals surface area contributed by atoms with E-state index < -0.39 is 0 Å². The van der Waals surface area contributed by atoms with Crippen LogP contribution in [-0.2, 0) is 0 Å². The van der Waals surface area contributed by atoms with E-state index in [2.05, 4.69) is 25.4 Å². The van der Waals surface area contributed by atoms with E-state index in [1.165, 1.54) is 0 Å². The van der Waals surface area contributed by atoms with Crippen molar-refractivity contribution in [2.24, 2.45) is 17.4 Å². The Balaban J connectivity index is 0. The summed E-state index contributed by atoms with van der Waals surface area (Å²) in [6.45, 7) is 14.9. The molecule has 2 aromatic carbocycles. The molecule has 35 heavy (non-hydrogen) atoms. The van der Waals surface area contributed by atoms with Gasteiger partial charge in [-0.05, 0) is 56.9 Å². The molecule has 196 valence electrons. The molecule has 2 unspecified atom stereocenters. The summed E-state index contributed by atoms with van der Waals surface area (Å²) in [6.07, 6.45) is 0.695. The third-order valence-electron chi connectivity index (χ3n) is 5.03. The van der Waals surface area contributed by atoms with Crippen LogP contribution in [0.4, 0.5) is 5.69 Å². The number of hydrogen-bond acceptors (Lipinski definition) is 8. The number of phenols is 2. The Hall–Kier alpha value is -2.88. The van der Waals surface area contributed by atoms with Gasteiger partial charge in [0.2, 0.25) is 0 Å². The lowest BCUT2D eigenvalue weighted by molar-refractivity contribution is 0.203. The zero-order valence-corrected chi connectivity index (χ0v) is 22.1. The maximum Gasteiger partial charge on any atom is 0.161 e. The summed E-state index contributed by atoms with van der Waals surface area (Å²) >= 11 is 0. The molecule has 2 atom stereocenters. The van der Waals surface area contributed by atoms with Crippen LogP contribution in [0.2, 0.25) is 0 Å². The minimum atomic E-state index is -0.338. The average Bonchev–Trinajstić information content (AvgIpc) is 2.89. The largest absolute Gasteiger partial charge is 0.505 e. The zero-order valence-electron chi connectivity index (χ0n) is 22.1. The van der Waals surface area contributed by atoms with Crippen molar-refractivity contribution in [1.29, 1.82) is 0 Å². The monoisotopic (exact) mass is 489 g/mol. The predicted molar refractivity (Wildman–Crippen MR) is 147 cm³/mol. The molecule has 0 amide bonds. The van der Waals surface area contributed by atoms with Crippen LogP contribution in [0, 0.1) is 19.8 Å². The van der Waals surface area contributed by atoms with Crippen molar-refractivity contribution in [3.05, 3.63) is 48.6 Å². The molecule has 0 aliphatic heterocycles. The fraction of sp³-hybridized carbons (Fsp3) is 0.462. The molecule has 0 heterocycles. The fourth-order valence-corrected chi connectivity index (χ4v) is 2.69. The summed E-state index contributed by atoms with van der Waals surface area (Å²) in [5.74, 6) is 1.56. The Morgan fingerprint density at radius 3 is 1.94 bits per heavy atom. The molecular formula is C26H44BN3O5. The van der Waals surface area contributed by atoms with E-state index in [4.69, 9.17) is 33.9 Å². The predicted octanol–water partition coefficient (Wildman–Crippen LogP) is 2.74. The van der Waals surface area contributed by atoms with Gasteiger partial charge in [-0.1, -0.05) is 19.1 Å². The second-order valence-electron chi connectivity index (χ2n) is 7.54. The highest BCUT2D eigenvalue weighted by Gasteiger charge is 2.14. The van der Waals surface area contributed by atoms with E-state index in [9.17, 15) is 10.2 Å². The number of aliphatic hydroxyl groups excluding tert-OH is 1. The first-order chi connectivity index (χ1) is 16.6. The lowest BCUT2D eigenvalue weighted by atomic mass is 9.87. The first-order valence-corrected chi connectivity index (χ1v) is 11.4. The van der Waals surface area contributed by atoms with Crippen LogP contribution >= 0.6 is 0 Å². The second-order valence-corrected chi connectivity index (χ2v) is 7.54. The number of benzene rings is 2. The van der Waals surface area contributed by atoms with Gasteiger partial charge in [0.1, 0.15) is 7.85 Å². The Labute approximate surface area is 212 Å². The highest BCUT2D eigenvalue weighted by atomic mass is 16.5. The minimum absolute atomic E-state index is 0.160. The summed E-state index contributed by atoms with van der Waals surface area (Å²) in [4.78, 5) is 0. The van der Waals surface area contributed by atoms with Crippen molar-refractivity contribution in [3.63, 3.8) is 0 Å². The van der Waals surface area contributed by atoms with Gasteiger partial charge in [0.05, 0.1) is 19.8 Å². The van der Waals surface area contributed by atoms with Gasteiger partial charge in [-0.25, -0.2) is 0 Å². The summed E-state index contributed by atoms with van der Waals surface area (Å²) in [5.41, 5.74) is 12.8. The Bertz CT molecular complexity index is 817. The number of anilines is 1. The molecular weight excluding hydrogens is 445 g/mol. The molecule has 0 saturated carbocycles.